The normalized spacial score (nSPS) is 11.9. The molecule has 0 amide bonds. The molecule has 0 saturated carbocycles. The van der Waals surface area contributed by atoms with E-state index in [1.807, 2.05) is 0 Å². The molecule has 8 heteroatoms. The molecule has 1 rings (SSSR count). The standard InChI is InChI=1S/C12H14F4N2O2/c1-2-5-17(8-12(14,15)16)7-9-3-4-11(18(19)20)10(13)6-9/h3-4,6H,2,5,7-8H2,1H3. The summed E-state index contributed by atoms with van der Waals surface area (Å²) in [6, 6.07) is 3.12. The van der Waals surface area contributed by atoms with Crippen molar-refractivity contribution in [2.24, 2.45) is 0 Å². The number of nitrogens with zero attached hydrogens (tertiary/aromatic N) is 2. The first-order valence-electron chi connectivity index (χ1n) is 5.95. The minimum atomic E-state index is -4.34. The number of nitro groups is 1. The summed E-state index contributed by atoms with van der Waals surface area (Å²) in [5.74, 6) is -1.05. The zero-order valence-electron chi connectivity index (χ0n) is 10.8. The van der Waals surface area contributed by atoms with Crippen molar-refractivity contribution in [3.05, 3.63) is 39.7 Å². The van der Waals surface area contributed by atoms with E-state index < -0.39 is 29.1 Å². The summed E-state index contributed by atoms with van der Waals surface area (Å²) in [6.45, 7) is 0.736. The highest BCUT2D eigenvalue weighted by Crippen LogP contribution is 2.21. The molecule has 0 radical (unpaired) electrons. The van der Waals surface area contributed by atoms with Gasteiger partial charge in [0.2, 0.25) is 5.82 Å². The molecule has 20 heavy (non-hydrogen) atoms. The zero-order valence-corrected chi connectivity index (χ0v) is 10.8. The average Bonchev–Trinajstić information content (AvgIpc) is 2.26. The lowest BCUT2D eigenvalue weighted by Gasteiger charge is -2.23. The molecule has 0 fully saturated rings. The van der Waals surface area contributed by atoms with E-state index in [4.69, 9.17) is 0 Å². The first-order chi connectivity index (χ1) is 9.23. The molecule has 0 spiro atoms. The highest BCUT2D eigenvalue weighted by molar-refractivity contribution is 5.34. The van der Waals surface area contributed by atoms with Crippen molar-refractivity contribution in [1.82, 2.24) is 4.90 Å². The van der Waals surface area contributed by atoms with Gasteiger partial charge in [-0.2, -0.15) is 17.6 Å². The zero-order chi connectivity index (χ0) is 15.3. The molecule has 0 aliphatic heterocycles. The molecule has 0 aromatic heterocycles. The number of benzene rings is 1. The van der Waals surface area contributed by atoms with Crippen LogP contribution in [0.3, 0.4) is 0 Å². The number of nitro benzene ring substituents is 1. The SMILES string of the molecule is CCCN(Cc1ccc([N+](=O)[O-])c(F)c1)CC(F)(F)F. The van der Waals surface area contributed by atoms with Gasteiger partial charge in [0.25, 0.3) is 0 Å². The molecule has 0 heterocycles. The van der Waals surface area contributed by atoms with Crippen LogP contribution in [0.1, 0.15) is 18.9 Å². The molecule has 1 aromatic rings. The fraction of sp³-hybridized carbons (Fsp3) is 0.500. The van der Waals surface area contributed by atoms with Crippen molar-refractivity contribution in [2.75, 3.05) is 13.1 Å². The van der Waals surface area contributed by atoms with E-state index in [-0.39, 0.29) is 18.7 Å². The Morgan fingerprint density at radius 3 is 2.45 bits per heavy atom. The highest BCUT2D eigenvalue weighted by atomic mass is 19.4. The topological polar surface area (TPSA) is 46.4 Å². The fourth-order valence-corrected chi connectivity index (χ4v) is 1.84. The van der Waals surface area contributed by atoms with Crippen LogP contribution in [-0.4, -0.2) is 29.1 Å². The Kier molecular flexibility index (Phi) is 5.43. The first kappa shape index (κ1) is 16.4. The average molecular weight is 294 g/mol. The maximum absolute atomic E-state index is 13.4. The number of rotatable bonds is 6. The van der Waals surface area contributed by atoms with Crippen LogP contribution in [0, 0.1) is 15.9 Å². The summed E-state index contributed by atoms with van der Waals surface area (Å²) in [6.07, 6.45) is -3.82. The van der Waals surface area contributed by atoms with Gasteiger partial charge in [0, 0.05) is 12.6 Å². The Balaban J connectivity index is 2.83. The van der Waals surface area contributed by atoms with E-state index >= 15 is 0 Å². The molecular weight excluding hydrogens is 280 g/mol. The summed E-state index contributed by atoms with van der Waals surface area (Å²) in [4.78, 5) is 10.7. The summed E-state index contributed by atoms with van der Waals surface area (Å²) < 4.78 is 50.5. The van der Waals surface area contributed by atoms with Crippen LogP contribution in [0.25, 0.3) is 0 Å². The minimum absolute atomic E-state index is 0.109. The molecule has 4 nitrogen and oxygen atoms in total. The fourth-order valence-electron chi connectivity index (χ4n) is 1.84. The summed E-state index contributed by atoms with van der Waals surface area (Å²) in [7, 11) is 0. The lowest BCUT2D eigenvalue weighted by Crippen LogP contribution is -2.34. The van der Waals surface area contributed by atoms with E-state index in [2.05, 4.69) is 0 Å². The smallest absolute Gasteiger partial charge is 0.291 e. The van der Waals surface area contributed by atoms with Gasteiger partial charge in [-0.1, -0.05) is 13.0 Å². The van der Waals surface area contributed by atoms with Crippen LogP contribution in [0.5, 0.6) is 0 Å². The van der Waals surface area contributed by atoms with Crippen LogP contribution in [0.15, 0.2) is 18.2 Å². The molecule has 0 bridgehead atoms. The molecule has 0 aliphatic rings. The van der Waals surface area contributed by atoms with Crippen molar-refractivity contribution in [3.8, 4) is 0 Å². The number of halogens is 4. The third kappa shape index (κ3) is 5.12. The Morgan fingerprint density at radius 2 is 2.00 bits per heavy atom. The van der Waals surface area contributed by atoms with Crippen LogP contribution in [-0.2, 0) is 6.54 Å². The number of hydrogen-bond donors (Lipinski definition) is 0. The molecule has 0 unspecified atom stereocenters. The van der Waals surface area contributed by atoms with Gasteiger partial charge in [-0.3, -0.25) is 15.0 Å². The molecule has 112 valence electrons. The van der Waals surface area contributed by atoms with E-state index in [1.165, 1.54) is 6.07 Å². The van der Waals surface area contributed by atoms with Gasteiger partial charge in [0.1, 0.15) is 0 Å². The third-order valence-corrected chi connectivity index (χ3v) is 2.56. The van der Waals surface area contributed by atoms with Crippen LogP contribution >= 0.6 is 0 Å². The monoisotopic (exact) mass is 294 g/mol. The van der Waals surface area contributed by atoms with Crippen LogP contribution < -0.4 is 0 Å². The van der Waals surface area contributed by atoms with Crippen LogP contribution in [0.4, 0.5) is 23.2 Å². The third-order valence-electron chi connectivity index (χ3n) is 2.56. The van der Waals surface area contributed by atoms with E-state index in [0.717, 1.165) is 17.0 Å². The second kappa shape index (κ2) is 6.65. The first-order valence-corrected chi connectivity index (χ1v) is 5.95. The van der Waals surface area contributed by atoms with Gasteiger partial charge in [-0.25, -0.2) is 0 Å². The predicted octanol–water partition coefficient (Wildman–Crippen LogP) is 3.51. The summed E-state index contributed by atoms with van der Waals surface area (Å²) in [5.41, 5.74) is -0.419. The second-order valence-corrected chi connectivity index (χ2v) is 4.37. The van der Waals surface area contributed by atoms with Gasteiger partial charge >= 0.3 is 11.9 Å². The van der Waals surface area contributed by atoms with Gasteiger partial charge in [0.15, 0.2) is 0 Å². The Labute approximate surface area is 113 Å². The quantitative estimate of drug-likeness (QED) is 0.458. The Bertz CT molecular complexity index is 477. The van der Waals surface area contributed by atoms with Crippen molar-refractivity contribution >= 4 is 5.69 Å². The predicted molar refractivity (Wildman–Crippen MR) is 64.7 cm³/mol. The highest BCUT2D eigenvalue weighted by Gasteiger charge is 2.30. The van der Waals surface area contributed by atoms with Crippen molar-refractivity contribution in [1.29, 1.82) is 0 Å². The lowest BCUT2D eigenvalue weighted by molar-refractivity contribution is -0.387. The molecule has 0 aliphatic carbocycles. The lowest BCUT2D eigenvalue weighted by atomic mass is 10.2. The van der Waals surface area contributed by atoms with Crippen molar-refractivity contribution in [3.63, 3.8) is 0 Å². The van der Waals surface area contributed by atoms with E-state index in [0.29, 0.717) is 6.42 Å². The van der Waals surface area contributed by atoms with Crippen LogP contribution in [0.2, 0.25) is 0 Å². The summed E-state index contributed by atoms with van der Waals surface area (Å²) in [5, 5.41) is 10.5. The van der Waals surface area contributed by atoms with Crippen molar-refractivity contribution in [2.45, 2.75) is 26.1 Å². The molecule has 0 saturated heterocycles. The second-order valence-electron chi connectivity index (χ2n) is 4.37. The Morgan fingerprint density at radius 1 is 1.35 bits per heavy atom. The van der Waals surface area contributed by atoms with E-state index in [1.54, 1.807) is 6.92 Å². The molecule has 0 atom stereocenters. The van der Waals surface area contributed by atoms with Crippen molar-refractivity contribution < 1.29 is 22.5 Å². The Hall–Kier alpha value is -1.70. The maximum atomic E-state index is 13.4. The largest absolute Gasteiger partial charge is 0.401 e. The van der Waals surface area contributed by atoms with Gasteiger partial charge < -0.3 is 0 Å². The van der Waals surface area contributed by atoms with Gasteiger partial charge in [0.05, 0.1) is 11.5 Å². The molecule has 0 N–H and O–H groups in total. The minimum Gasteiger partial charge on any atom is -0.291 e. The van der Waals surface area contributed by atoms with Gasteiger partial charge in [-0.15, -0.1) is 0 Å². The summed E-state index contributed by atoms with van der Waals surface area (Å²) >= 11 is 0. The number of hydrogen-bond acceptors (Lipinski definition) is 3. The number of alkyl halides is 3. The molecular formula is C12H14F4N2O2. The maximum Gasteiger partial charge on any atom is 0.401 e. The molecule has 1 aromatic carbocycles. The van der Waals surface area contributed by atoms with E-state index in [9.17, 15) is 27.7 Å². The van der Waals surface area contributed by atoms with Gasteiger partial charge in [-0.05, 0) is 24.6 Å².